The van der Waals surface area contributed by atoms with Crippen molar-refractivity contribution in [1.82, 2.24) is 4.98 Å². The van der Waals surface area contributed by atoms with E-state index in [4.69, 9.17) is 4.74 Å². The molecule has 1 aromatic rings. The molecule has 0 amide bonds. The summed E-state index contributed by atoms with van der Waals surface area (Å²) in [6, 6.07) is 1.81. The zero-order valence-corrected chi connectivity index (χ0v) is 11.6. The first-order chi connectivity index (χ1) is 8.86. The number of hydrogen-bond acceptors (Lipinski definition) is 5. The fourth-order valence-electron chi connectivity index (χ4n) is 2.51. The fourth-order valence-corrected chi connectivity index (χ4v) is 2.51. The lowest BCUT2D eigenvalue weighted by atomic mass is 9.64. The van der Waals surface area contributed by atoms with Crippen LogP contribution < -0.4 is 5.32 Å². The Hall–Kier alpha value is -1.69. The Morgan fingerprint density at radius 3 is 2.74 bits per heavy atom. The van der Waals surface area contributed by atoms with E-state index in [2.05, 4.69) is 24.1 Å². The van der Waals surface area contributed by atoms with Crippen LogP contribution in [0.25, 0.3) is 0 Å². The number of nitrogens with one attached hydrogen (secondary N) is 1. The van der Waals surface area contributed by atoms with Crippen molar-refractivity contribution in [2.75, 3.05) is 12.4 Å². The van der Waals surface area contributed by atoms with Crippen molar-refractivity contribution >= 4 is 11.5 Å². The Kier molecular flexibility index (Phi) is 3.45. The number of ether oxygens (including phenoxy) is 1. The number of methoxy groups -OCH3 is 1. The summed E-state index contributed by atoms with van der Waals surface area (Å²) in [5, 5.41) is 14.0. The minimum atomic E-state index is -0.433. The predicted molar refractivity (Wildman–Crippen MR) is 72.2 cm³/mol. The van der Waals surface area contributed by atoms with Crippen LogP contribution in [0.4, 0.5) is 11.5 Å². The normalized spacial score (nSPS) is 24.6. The molecule has 0 aromatic carbocycles. The predicted octanol–water partition coefficient (Wildman–Crippen LogP) is 2.52. The molecule has 2 rings (SSSR count). The monoisotopic (exact) mass is 265 g/mol. The average molecular weight is 265 g/mol. The molecule has 0 saturated heterocycles. The van der Waals surface area contributed by atoms with Crippen LogP contribution in [-0.2, 0) is 4.74 Å². The molecular weight excluding hydrogens is 246 g/mol. The summed E-state index contributed by atoms with van der Waals surface area (Å²) < 4.78 is 5.40. The van der Waals surface area contributed by atoms with Crippen LogP contribution in [0.3, 0.4) is 0 Å². The molecule has 19 heavy (non-hydrogen) atoms. The van der Waals surface area contributed by atoms with Crippen molar-refractivity contribution in [3.63, 3.8) is 0 Å². The maximum absolute atomic E-state index is 10.7. The van der Waals surface area contributed by atoms with Crippen LogP contribution in [0, 0.1) is 22.5 Å². The average Bonchev–Trinajstić information content (AvgIpc) is 2.35. The maximum Gasteiger partial charge on any atom is 0.287 e. The second kappa shape index (κ2) is 4.77. The second-order valence-corrected chi connectivity index (χ2v) is 5.59. The molecule has 1 aliphatic rings. The largest absolute Gasteiger partial charge is 0.381 e. The van der Waals surface area contributed by atoms with Gasteiger partial charge < -0.3 is 10.1 Å². The summed E-state index contributed by atoms with van der Waals surface area (Å²) in [4.78, 5) is 14.4. The second-order valence-electron chi connectivity index (χ2n) is 5.59. The van der Waals surface area contributed by atoms with E-state index >= 15 is 0 Å². The van der Waals surface area contributed by atoms with Gasteiger partial charge in [-0.15, -0.1) is 0 Å². The molecule has 1 heterocycles. The minimum absolute atomic E-state index is 0.0192. The van der Waals surface area contributed by atoms with Gasteiger partial charge in [0.2, 0.25) is 0 Å². The summed E-state index contributed by atoms with van der Waals surface area (Å²) in [5.41, 5.74) is 0.835. The van der Waals surface area contributed by atoms with Gasteiger partial charge in [-0.2, -0.15) is 0 Å². The van der Waals surface area contributed by atoms with Crippen LogP contribution >= 0.6 is 0 Å². The van der Waals surface area contributed by atoms with Crippen LogP contribution in [0.5, 0.6) is 0 Å². The lowest BCUT2D eigenvalue weighted by Crippen LogP contribution is -2.57. The zero-order valence-electron chi connectivity index (χ0n) is 11.6. The van der Waals surface area contributed by atoms with Gasteiger partial charge in [-0.3, -0.25) is 10.1 Å². The van der Waals surface area contributed by atoms with Crippen LogP contribution in [-0.4, -0.2) is 29.2 Å². The van der Waals surface area contributed by atoms with E-state index in [9.17, 15) is 10.1 Å². The number of aromatic nitrogens is 1. The number of aryl methyl sites for hydroxylation is 1. The Labute approximate surface area is 112 Å². The van der Waals surface area contributed by atoms with Gasteiger partial charge in [-0.05, 0) is 18.9 Å². The molecule has 1 aromatic heterocycles. The molecule has 2 unspecified atom stereocenters. The molecule has 1 N–H and O–H groups in total. The highest BCUT2D eigenvalue weighted by Gasteiger charge is 2.48. The van der Waals surface area contributed by atoms with Gasteiger partial charge in [0.05, 0.1) is 11.0 Å². The smallest absolute Gasteiger partial charge is 0.287 e. The van der Waals surface area contributed by atoms with Gasteiger partial charge in [-0.1, -0.05) is 13.8 Å². The molecule has 2 atom stereocenters. The highest BCUT2D eigenvalue weighted by molar-refractivity contribution is 5.49. The van der Waals surface area contributed by atoms with Crippen molar-refractivity contribution in [2.24, 2.45) is 5.41 Å². The molecule has 6 nitrogen and oxygen atoms in total. The topological polar surface area (TPSA) is 77.3 Å². The minimum Gasteiger partial charge on any atom is -0.381 e. The summed E-state index contributed by atoms with van der Waals surface area (Å²) in [6.45, 7) is 6.11. The van der Waals surface area contributed by atoms with Crippen molar-refractivity contribution in [3.05, 3.63) is 27.9 Å². The molecule has 0 radical (unpaired) electrons. The van der Waals surface area contributed by atoms with Crippen molar-refractivity contribution in [2.45, 2.75) is 39.3 Å². The Morgan fingerprint density at radius 1 is 1.58 bits per heavy atom. The molecule has 104 valence electrons. The van der Waals surface area contributed by atoms with E-state index in [-0.39, 0.29) is 23.2 Å². The van der Waals surface area contributed by atoms with Crippen molar-refractivity contribution in [3.8, 4) is 0 Å². The van der Waals surface area contributed by atoms with E-state index in [1.54, 1.807) is 7.11 Å². The number of nitro groups is 1. The number of pyridine rings is 1. The lowest BCUT2D eigenvalue weighted by molar-refractivity contribution is -0.385. The quantitative estimate of drug-likeness (QED) is 0.668. The molecule has 0 aliphatic heterocycles. The van der Waals surface area contributed by atoms with E-state index in [0.29, 0.717) is 5.82 Å². The molecule has 6 heteroatoms. The van der Waals surface area contributed by atoms with Gasteiger partial charge in [0.15, 0.2) is 0 Å². The van der Waals surface area contributed by atoms with Gasteiger partial charge in [0, 0.05) is 24.6 Å². The van der Waals surface area contributed by atoms with E-state index in [1.165, 1.54) is 12.3 Å². The van der Waals surface area contributed by atoms with Gasteiger partial charge in [-0.25, -0.2) is 4.98 Å². The van der Waals surface area contributed by atoms with E-state index in [0.717, 1.165) is 12.0 Å². The molecule has 0 spiro atoms. The summed E-state index contributed by atoms with van der Waals surface area (Å²) in [7, 11) is 1.72. The summed E-state index contributed by atoms with van der Waals surface area (Å²) in [5.74, 6) is 0.707. The van der Waals surface area contributed by atoms with E-state index < -0.39 is 4.92 Å². The molecular formula is C13H19N3O3. The van der Waals surface area contributed by atoms with Crippen LogP contribution in [0.1, 0.15) is 25.8 Å². The number of nitrogens with zero attached hydrogens (tertiary/aromatic N) is 2. The number of anilines is 1. The molecule has 1 aliphatic carbocycles. The van der Waals surface area contributed by atoms with Gasteiger partial charge >= 0.3 is 0 Å². The molecule has 1 fully saturated rings. The first-order valence-corrected chi connectivity index (χ1v) is 6.26. The Bertz CT molecular complexity index is 502. The zero-order chi connectivity index (χ0) is 14.2. The van der Waals surface area contributed by atoms with Crippen LogP contribution in [0.2, 0.25) is 0 Å². The fraction of sp³-hybridized carbons (Fsp3) is 0.615. The standard InChI is InChI=1S/C13H19N3O3/c1-8-5-9(16(17)18)7-14-12(8)15-10-6-11(19-4)13(10,2)3/h5,7,10-11H,6H2,1-4H3,(H,14,15). The number of rotatable bonds is 4. The van der Waals surface area contributed by atoms with E-state index in [1.807, 2.05) is 6.92 Å². The highest BCUT2D eigenvalue weighted by atomic mass is 16.6. The van der Waals surface area contributed by atoms with Crippen molar-refractivity contribution in [1.29, 1.82) is 0 Å². The lowest BCUT2D eigenvalue weighted by Gasteiger charge is -2.51. The van der Waals surface area contributed by atoms with Crippen molar-refractivity contribution < 1.29 is 9.66 Å². The van der Waals surface area contributed by atoms with Crippen LogP contribution in [0.15, 0.2) is 12.3 Å². The highest BCUT2D eigenvalue weighted by Crippen LogP contribution is 2.44. The third kappa shape index (κ3) is 2.40. The third-order valence-electron chi connectivity index (χ3n) is 4.05. The number of hydrogen-bond donors (Lipinski definition) is 1. The maximum atomic E-state index is 10.7. The summed E-state index contributed by atoms with van der Waals surface area (Å²) in [6.07, 6.45) is 2.44. The summed E-state index contributed by atoms with van der Waals surface area (Å²) >= 11 is 0. The molecule has 0 bridgehead atoms. The Morgan fingerprint density at radius 2 is 2.26 bits per heavy atom. The Balaban J connectivity index is 2.11. The molecule has 1 saturated carbocycles. The SMILES string of the molecule is COC1CC(Nc2ncc([N+](=O)[O-])cc2C)C1(C)C. The van der Waals surface area contributed by atoms with Gasteiger partial charge in [0.1, 0.15) is 12.0 Å². The first-order valence-electron chi connectivity index (χ1n) is 6.26. The first kappa shape index (κ1) is 13.7. The third-order valence-corrected chi connectivity index (χ3v) is 4.05. The van der Waals surface area contributed by atoms with Gasteiger partial charge in [0.25, 0.3) is 5.69 Å².